The lowest BCUT2D eigenvalue weighted by atomic mass is 10.2. The minimum Gasteiger partial charge on any atom is -0.478 e. The van der Waals surface area contributed by atoms with E-state index in [9.17, 15) is 18.0 Å². The molecule has 0 aromatic heterocycles. The monoisotopic (exact) mass is 250 g/mol. The Balaban J connectivity index is 2.64. The van der Waals surface area contributed by atoms with Crippen LogP contribution in [0.25, 0.3) is 0 Å². The van der Waals surface area contributed by atoms with E-state index in [4.69, 9.17) is 5.11 Å². The van der Waals surface area contributed by atoms with Gasteiger partial charge in [0.05, 0.1) is 12.0 Å². The molecule has 0 fully saturated rings. The molecule has 1 N–H and O–H groups in total. The lowest BCUT2D eigenvalue weighted by Crippen LogP contribution is -2.08. The van der Waals surface area contributed by atoms with Gasteiger partial charge in [-0.25, -0.2) is 4.79 Å². The zero-order chi connectivity index (χ0) is 12.2. The Morgan fingerprint density at radius 1 is 1.31 bits per heavy atom. The quantitative estimate of drug-likeness (QED) is 0.832. The number of carboxylic acid groups (broad SMARTS) is 1. The van der Waals surface area contributed by atoms with Gasteiger partial charge in [0.15, 0.2) is 0 Å². The van der Waals surface area contributed by atoms with Crippen LogP contribution >= 0.6 is 11.8 Å². The van der Waals surface area contributed by atoms with Crippen molar-refractivity contribution < 1.29 is 23.1 Å². The molecular weight excluding hydrogens is 241 g/mol. The highest BCUT2D eigenvalue weighted by molar-refractivity contribution is 7.99. The van der Waals surface area contributed by atoms with Gasteiger partial charge >= 0.3 is 12.1 Å². The Bertz CT molecular complexity index is 377. The number of carboxylic acids is 1. The van der Waals surface area contributed by atoms with Crippen LogP contribution in [0.15, 0.2) is 29.2 Å². The summed E-state index contributed by atoms with van der Waals surface area (Å²) in [6.45, 7) is 0. The Kier molecular flexibility index (Phi) is 4.23. The molecule has 0 saturated carbocycles. The largest absolute Gasteiger partial charge is 0.478 e. The molecule has 0 amide bonds. The van der Waals surface area contributed by atoms with Crippen LogP contribution < -0.4 is 0 Å². The molecule has 1 aromatic rings. The molecule has 16 heavy (non-hydrogen) atoms. The number of carbonyl (C=O) groups is 1. The smallest absolute Gasteiger partial charge is 0.389 e. The molecule has 2 nitrogen and oxygen atoms in total. The van der Waals surface area contributed by atoms with E-state index in [-0.39, 0.29) is 11.3 Å². The van der Waals surface area contributed by atoms with Crippen molar-refractivity contribution in [2.45, 2.75) is 17.5 Å². The SMILES string of the molecule is O=C(O)c1ccccc1SCCC(F)(F)F. The highest BCUT2D eigenvalue weighted by Crippen LogP contribution is 2.28. The molecular formula is C10H9F3O2S. The molecule has 0 heterocycles. The van der Waals surface area contributed by atoms with E-state index in [0.717, 1.165) is 11.8 Å². The van der Waals surface area contributed by atoms with Gasteiger partial charge in [-0.1, -0.05) is 12.1 Å². The van der Waals surface area contributed by atoms with Gasteiger partial charge in [0.2, 0.25) is 0 Å². The first kappa shape index (κ1) is 12.9. The second-order valence-corrected chi connectivity index (χ2v) is 4.15. The van der Waals surface area contributed by atoms with E-state index < -0.39 is 18.6 Å². The maximum atomic E-state index is 11.9. The zero-order valence-corrected chi connectivity index (χ0v) is 8.94. The number of aromatic carboxylic acids is 1. The molecule has 0 aliphatic heterocycles. The normalized spacial score (nSPS) is 11.4. The molecule has 0 spiro atoms. The predicted molar refractivity (Wildman–Crippen MR) is 54.8 cm³/mol. The highest BCUT2D eigenvalue weighted by atomic mass is 32.2. The van der Waals surface area contributed by atoms with Gasteiger partial charge in [0.1, 0.15) is 0 Å². The summed E-state index contributed by atoms with van der Waals surface area (Å²) in [5.41, 5.74) is 0.0367. The van der Waals surface area contributed by atoms with Crippen molar-refractivity contribution >= 4 is 17.7 Å². The van der Waals surface area contributed by atoms with Crippen molar-refractivity contribution in [3.8, 4) is 0 Å². The van der Waals surface area contributed by atoms with E-state index in [1.165, 1.54) is 18.2 Å². The third-order valence-corrected chi connectivity index (χ3v) is 2.84. The minimum absolute atomic E-state index is 0.0367. The molecule has 0 aliphatic rings. The molecule has 0 radical (unpaired) electrons. The number of thioether (sulfide) groups is 1. The van der Waals surface area contributed by atoms with Crippen LogP contribution in [0.3, 0.4) is 0 Å². The van der Waals surface area contributed by atoms with Gasteiger partial charge < -0.3 is 5.11 Å². The summed E-state index contributed by atoms with van der Waals surface area (Å²) in [5.74, 6) is -1.30. The Morgan fingerprint density at radius 3 is 2.50 bits per heavy atom. The predicted octanol–water partition coefficient (Wildman–Crippen LogP) is 3.43. The molecule has 1 rings (SSSR count). The number of rotatable bonds is 4. The van der Waals surface area contributed by atoms with Crippen LogP contribution in [0.5, 0.6) is 0 Å². The first-order valence-corrected chi connectivity index (χ1v) is 5.40. The van der Waals surface area contributed by atoms with Crippen LogP contribution in [0.4, 0.5) is 13.2 Å². The molecule has 0 unspecified atom stereocenters. The van der Waals surface area contributed by atoms with Crippen molar-refractivity contribution in [3.63, 3.8) is 0 Å². The van der Waals surface area contributed by atoms with Gasteiger partial charge in [-0.05, 0) is 12.1 Å². The fourth-order valence-electron chi connectivity index (χ4n) is 1.05. The number of benzene rings is 1. The van der Waals surface area contributed by atoms with Gasteiger partial charge in [0.25, 0.3) is 0 Å². The highest BCUT2D eigenvalue weighted by Gasteiger charge is 2.26. The van der Waals surface area contributed by atoms with Crippen LogP contribution in [-0.2, 0) is 0 Å². The Hall–Kier alpha value is -1.17. The molecule has 0 aliphatic carbocycles. The first-order chi connectivity index (χ1) is 7.40. The summed E-state index contributed by atoms with van der Waals surface area (Å²) in [4.78, 5) is 11.1. The fraction of sp³-hybridized carbons (Fsp3) is 0.300. The van der Waals surface area contributed by atoms with Crippen LogP contribution in [0.1, 0.15) is 16.8 Å². The number of hydrogen-bond acceptors (Lipinski definition) is 2. The fourth-order valence-corrected chi connectivity index (χ4v) is 2.08. The van der Waals surface area contributed by atoms with E-state index in [1.807, 2.05) is 0 Å². The standard InChI is InChI=1S/C10H9F3O2S/c11-10(12,13)5-6-16-8-4-2-1-3-7(8)9(14)15/h1-4H,5-6H2,(H,14,15). The first-order valence-electron chi connectivity index (χ1n) is 4.42. The number of halogens is 3. The summed E-state index contributed by atoms with van der Waals surface area (Å²) in [5, 5.41) is 8.79. The van der Waals surface area contributed by atoms with Crippen molar-refractivity contribution in [1.29, 1.82) is 0 Å². The van der Waals surface area contributed by atoms with Crippen molar-refractivity contribution in [2.75, 3.05) is 5.75 Å². The van der Waals surface area contributed by atoms with Gasteiger partial charge in [-0.2, -0.15) is 13.2 Å². The van der Waals surface area contributed by atoms with Crippen molar-refractivity contribution in [3.05, 3.63) is 29.8 Å². The van der Waals surface area contributed by atoms with Crippen LogP contribution in [0.2, 0.25) is 0 Å². The van der Waals surface area contributed by atoms with Crippen molar-refractivity contribution in [2.24, 2.45) is 0 Å². The summed E-state index contributed by atoms with van der Waals surface area (Å²) in [7, 11) is 0. The zero-order valence-electron chi connectivity index (χ0n) is 8.12. The van der Waals surface area contributed by atoms with E-state index in [2.05, 4.69) is 0 Å². The minimum atomic E-state index is -4.20. The number of alkyl halides is 3. The molecule has 0 saturated heterocycles. The molecule has 0 bridgehead atoms. The van der Waals surface area contributed by atoms with Gasteiger partial charge in [-0.15, -0.1) is 11.8 Å². The van der Waals surface area contributed by atoms with Gasteiger partial charge in [0, 0.05) is 10.6 Å². The van der Waals surface area contributed by atoms with Crippen LogP contribution in [-0.4, -0.2) is 23.0 Å². The summed E-state index contributed by atoms with van der Waals surface area (Å²) < 4.78 is 35.7. The Morgan fingerprint density at radius 2 is 1.94 bits per heavy atom. The third-order valence-electron chi connectivity index (χ3n) is 1.76. The molecule has 6 heteroatoms. The molecule has 0 atom stereocenters. The van der Waals surface area contributed by atoms with E-state index >= 15 is 0 Å². The van der Waals surface area contributed by atoms with Crippen LogP contribution in [0, 0.1) is 0 Å². The second-order valence-electron chi connectivity index (χ2n) is 3.01. The lowest BCUT2D eigenvalue weighted by molar-refractivity contribution is -0.129. The Labute approximate surface area is 94.5 Å². The topological polar surface area (TPSA) is 37.3 Å². The van der Waals surface area contributed by atoms with E-state index in [1.54, 1.807) is 6.07 Å². The average molecular weight is 250 g/mol. The van der Waals surface area contributed by atoms with Crippen molar-refractivity contribution in [1.82, 2.24) is 0 Å². The molecule has 88 valence electrons. The summed E-state index contributed by atoms with van der Waals surface area (Å²) >= 11 is 0.901. The maximum Gasteiger partial charge on any atom is 0.389 e. The number of hydrogen-bond donors (Lipinski definition) is 1. The summed E-state index contributed by atoms with van der Waals surface area (Å²) in [6, 6.07) is 6.02. The summed E-state index contributed by atoms with van der Waals surface area (Å²) in [6.07, 6.45) is -5.13. The maximum absolute atomic E-state index is 11.9. The third kappa shape index (κ3) is 4.14. The average Bonchev–Trinajstić information content (AvgIpc) is 2.16. The molecule has 1 aromatic carbocycles. The van der Waals surface area contributed by atoms with Gasteiger partial charge in [-0.3, -0.25) is 0 Å². The lowest BCUT2D eigenvalue weighted by Gasteiger charge is -2.07. The van der Waals surface area contributed by atoms with E-state index in [0.29, 0.717) is 4.90 Å². The second kappa shape index (κ2) is 5.25.